The van der Waals surface area contributed by atoms with Gasteiger partial charge in [-0.05, 0) is 81.6 Å². The first-order valence-electron chi connectivity index (χ1n) is 11.8. The normalized spacial score (nSPS) is 43.4. The Balaban J connectivity index is 1.54. The van der Waals surface area contributed by atoms with Crippen LogP contribution in [-0.4, -0.2) is 54.0 Å². The molecule has 4 aliphatic rings. The molecule has 0 aromatic rings. The van der Waals surface area contributed by atoms with Crippen molar-refractivity contribution in [3.63, 3.8) is 0 Å². The summed E-state index contributed by atoms with van der Waals surface area (Å²) < 4.78 is 0. The molecule has 0 saturated heterocycles. The monoisotopic (exact) mass is 401 g/mol. The van der Waals surface area contributed by atoms with E-state index < -0.39 is 0 Å². The van der Waals surface area contributed by atoms with E-state index in [-0.39, 0.29) is 22.8 Å². The molecule has 1 aliphatic heterocycles. The van der Waals surface area contributed by atoms with E-state index in [9.17, 15) is 9.59 Å². The molecule has 0 radical (unpaired) electrons. The molecule has 1 heterocycles. The van der Waals surface area contributed by atoms with Gasteiger partial charge in [0.05, 0.1) is 0 Å². The second kappa shape index (κ2) is 7.31. The van der Waals surface area contributed by atoms with Crippen LogP contribution in [0.2, 0.25) is 0 Å². The van der Waals surface area contributed by atoms with Gasteiger partial charge < -0.3 is 15.1 Å². The molecular weight excluding hydrogens is 362 g/mol. The van der Waals surface area contributed by atoms with E-state index in [1.165, 1.54) is 25.7 Å². The van der Waals surface area contributed by atoms with Gasteiger partial charge in [-0.25, -0.2) is 4.79 Å². The standard InChI is InChI=1S/C24H39N3O2/c1-6-27(7-2)22(29)25-19-10-9-17-16-8-11-20-24(4,15-13-21(28)26(20)5)18(16)12-14-23(17,19)3/h13,15-20H,6-12,14H2,1-5H3,(H,25,29)/t16-,17-,18+,19?,20?,23-,24+/m0/s1. The van der Waals surface area contributed by atoms with E-state index in [4.69, 9.17) is 0 Å². The van der Waals surface area contributed by atoms with Crippen LogP contribution >= 0.6 is 0 Å². The fourth-order valence-corrected chi connectivity index (χ4v) is 7.73. The van der Waals surface area contributed by atoms with Gasteiger partial charge in [0.25, 0.3) is 0 Å². The van der Waals surface area contributed by atoms with Gasteiger partial charge in [-0.3, -0.25) is 4.79 Å². The molecule has 0 aromatic carbocycles. The number of nitrogens with one attached hydrogen (secondary N) is 1. The van der Waals surface area contributed by atoms with Crippen molar-refractivity contribution in [2.75, 3.05) is 20.1 Å². The van der Waals surface area contributed by atoms with E-state index in [0.29, 0.717) is 29.8 Å². The molecule has 2 unspecified atom stereocenters. The lowest BCUT2D eigenvalue weighted by molar-refractivity contribution is -0.138. The minimum absolute atomic E-state index is 0.0927. The van der Waals surface area contributed by atoms with Crippen molar-refractivity contribution >= 4 is 11.9 Å². The van der Waals surface area contributed by atoms with Gasteiger partial charge in [0.1, 0.15) is 0 Å². The third-order valence-electron chi connectivity index (χ3n) is 9.48. The molecule has 3 amide bonds. The number of hydrogen-bond acceptors (Lipinski definition) is 2. The molecule has 1 N–H and O–H groups in total. The molecule has 0 spiro atoms. The summed E-state index contributed by atoms with van der Waals surface area (Å²) in [6.07, 6.45) is 11.1. The number of rotatable bonds is 3. The summed E-state index contributed by atoms with van der Waals surface area (Å²) >= 11 is 0. The Bertz CT molecular complexity index is 702. The zero-order chi connectivity index (χ0) is 21.0. The maximum absolute atomic E-state index is 12.7. The van der Waals surface area contributed by atoms with Crippen molar-refractivity contribution in [3.05, 3.63) is 12.2 Å². The van der Waals surface area contributed by atoms with Crippen molar-refractivity contribution < 1.29 is 9.59 Å². The highest BCUT2D eigenvalue weighted by atomic mass is 16.2. The Labute approximate surface area is 176 Å². The molecule has 5 heteroatoms. The zero-order valence-corrected chi connectivity index (χ0v) is 18.9. The largest absolute Gasteiger partial charge is 0.338 e. The quantitative estimate of drug-likeness (QED) is 0.776. The number of amides is 3. The predicted molar refractivity (Wildman–Crippen MR) is 115 cm³/mol. The fourth-order valence-electron chi connectivity index (χ4n) is 7.73. The number of fused-ring (bicyclic) bond motifs is 5. The average molecular weight is 402 g/mol. The molecule has 5 nitrogen and oxygen atoms in total. The summed E-state index contributed by atoms with van der Waals surface area (Å²) in [7, 11) is 1.98. The topological polar surface area (TPSA) is 52.7 Å². The Morgan fingerprint density at radius 3 is 2.55 bits per heavy atom. The van der Waals surface area contributed by atoms with E-state index in [1.54, 1.807) is 0 Å². The smallest absolute Gasteiger partial charge is 0.317 e. The van der Waals surface area contributed by atoms with Crippen LogP contribution in [0.4, 0.5) is 4.79 Å². The van der Waals surface area contributed by atoms with Crippen molar-refractivity contribution in [3.8, 4) is 0 Å². The molecule has 3 aliphatic carbocycles. The molecule has 0 bridgehead atoms. The third kappa shape index (κ3) is 3.02. The lowest BCUT2D eigenvalue weighted by Gasteiger charge is -2.60. The molecular formula is C24H39N3O2. The van der Waals surface area contributed by atoms with Gasteiger partial charge in [-0.2, -0.15) is 0 Å². The second-order valence-corrected chi connectivity index (χ2v) is 10.4. The maximum Gasteiger partial charge on any atom is 0.317 e. The number of likely N-dealkylation sites (N-methyl/N-ethyl adjacent to an activating group) is 1. The number of nitrogens with zero attached hydrogens (tertiary/aromatic N) is 2. The van der Waals surface area contributed by atoms with Crippen LogP contribution < -0.4 is 5.32 Å². The van der Waals surface area contributed by atoms with Gasteiger partial charge in [-0.15, -0.1) is 0 Å². The number of carbonyl (C=O) groups excluding carboxylic acids is 2. The van der Waals surface area contributed by atoms with E-state index >= 15 is 0 Å². The summed E-state index contributed by atoms with van der Waals surface area (Å²) in [6, 6.07) is 0.735. The van der Waals surface area contributed by atoms with Gasteiger partial charge >= 0.3 is 6.03 Å². The molecule has 0 aromatic heterocycles. The number of carbonyl (C=O) groups is 2. The molecule has 3 fully saturated rings. The van der Waals surface area contributed by atoms with Crippen LogP contribution in [0.3, 0.4) is 0 Å². The van der Waals surface area contributed by atoms with Gasteiger partial charge in [0, 0.05) is 37.6 Å². The Kier molecular flexibility index (Phi) is 5.23. The molecule has 7 atom stereocenters. The summed E-state index contributed by atoms with van der Waals surface area (Å²) in [6.45, 7) is 10.5. The Morgan fingerprint density at radius 2 is 1.86 bits per heavy atom. The summed E-state index contributed by atoms with van der Waals surface area (Å²) in [4.78, 5) is 28.9. The fraction of sp³-hybridized carbons (Fsp3) is 0.833. The third-order valence-corrected chi connectivity index (χ3v) is 9.48. The zero-order valence-electron chi connectivity index (χ0n) is 18.9. The second-order valence-electron chi connectivity index (χ2n) is 10.4. The summed E-state index contributed by atoms with van der Waals surface area (Å²) in [5.41, 5.74) is 0.294. The minimum atomic E-state index is 0.0927. The van der Waals surface area contributed by atoms with Crippen molar-refractivity contribution in [1.82, 2.24) is 15.1 Å². The first-order valence-corrected chi connectivity index (χ1v) is 11.8. The Morgan fingerprint density at radius 1 is 1.14 bits per heavy atom. The van der Waals surface area contributed by atoms with Crippen molar-refractivity contribution in [2.24, 2.45) is 28.6 Å². The highest BCUT2D eigenvalue weighted by Crippen LogP contribution is 2.63. The molecule has 29 heavy (non-hydrogen) atoms. The first-order chi connectivity index (χ1) is 13.8. The van der Waals surface area contributed by atoms with Crippen LogP contribution in [0.1, 0.15) is 66.2 Å². The summed E-state index contributed by atoms with van der Waals surface area (Å²) in [5.74, 6) is 2.18. The maximum atomic E-state index is 12.7. The summed E-state index contributed by atoms with van der Waals surface area (Å²) in [5, 5.41) is 3.41. The van der Waals surface area contributed by atoms with Crippen molar-refractivity contribution in [1.29, 1.82) is 0 Å². The average Bonchev–Trinajstić information content (AvgIpc) is 3.02. The lowest BCUT2D eigenvalue weighted by Crippen LogP contribution is -2.60. The lowest BCUT2D eigenvalue weighted by atomic mass is 9.48. The molecule has 4 rings (SSSR count). The SMILES string of the molecule is CCN(CC)C(=O)NC1CC[C@H]2[C@@H]3CCC4N(C)C(=O)C=C[C@]4(C)[C@@H]3CC[C@]12C. The molecule has 162 valence electrons. The van der Waals surface area contributed by atoms with Gasteiger partial charge in [-0.1, -0.05) is 19.9 Å². The number of urea groups is 1. The van der Waals surface area contributed by atoms with E-state index in [1.807, 2.05) is 36.8 Å². The van der Waals surface area contributed by atoms with Crippen LogP contribution in [0, 0.1) is 28.6 Å². The predicted octanol–water partition coefficient (Wildman–Crippen LogP) is 4.05. The van der Waals surface area contributed by atoms with Crippen molar-refractivity contribution in [2.45, 2.75) is 78.3 Å². The van der Waals surface area contributed by atoms with Gasteiger partial charge in [0.2, 0.25) is 5.91 Å². The highest BCUT2D eigenvalue weighted by Gasteiger charge is 2.60. The number of hydrogen-bond donors (Lipinski definition) is 1. The van der Waals surface area contributed by atoms with E-state index in [0.717, 1.165) is 25.9 Å². The van der Waals surface area contributed by atoms with E-state index in [2.05, 4.69) is 25.2 Å². The Hall–Kier alpha value is -1.52. The van der Waals surface area contributed by atoms with Crippen LogP contribution in [0.15, 0.2) is 12.2 Å². The minimum Gasteiger partial charge on any atom is -0.338 e. The van der Waals surface area contributed by atoms with Gasteiger partial charge in [0.15, 0.2) is 0 Å². The van der Waals surface area contributed by atoms with Crippen LogP contribution in [0.25, 0.3) is 0 Å². The van der Waals surface area contributed by atoms with Crippen LogP contribution in [0.5, 0.6) is 0 Å². The first kappa shape index (κ1) is 20.7. The van der Waals surface area contributed by atoms with Crippen LogP contribution in [-0.2, 0) is 4.79 Å². The molecule has 3 saturated carbocycles. The highest BCUT2D eigenvalue weighted by molar-refractivity contribution is 5.89.